The number of fused-ring (bicyclic) bond motifs is 3. The predicted molar refractivity (Wildman–Crippen MR) is 537 cm³/mol. The molecule has 11 aromatic carbocycles. The first kappa shape index (κ1) is 105. The Labute approximate surface area is 757 Å². The number of phenolic OH excluding ortho intramolecular Hbond substituents is 2. The first-order valence-corrected chi connectivity index (χ1v) is 45.9. The zero-order valence-corrected chi connectivity index (χ0v) is 78.7. The number of halogens is 2. The van der Waals surface area contributed by atoms with Crippen molar-refractivity contribution in [1.82, 2.24) is 19.9 Å². The van der Waals surface area contributed by atoms with Gasteiger partial charge in [-0.05, 0) is 250 Å². The lowest BCUT2D eigenvalue weighted by Gasteiger charge is -2.18. The summed E-state index contributed by atoms with van der Waals surface area (Å²) in [6, 6.07) is 96.2. The summed E-state index contributed by atoms with van der Waals surface area (Å²) < 4.78 is 7.60. The molecule has 652 valence electrons. The number of hydrogen-bond donors (Lipinski definition) is 6. The van der Waals surface area contributed by atoms with E-state index in [2.05, 4.69) is 319 Å². The fraction of sp³-hybridized carbons (Fsp3) is 0.306. The minimum absolute atomic E-state index is 0.152. The number of aromatic amines is 2. The van der Waals surface area contributed by atoms with E-state index in [9.17, 15) is 0 Å². The Morgan fingerprint density at radius 2 is 0.943 bits per heavy atom. The Morgan fingerprint density at radius 1 is 0.431 bits per heavy atom. The molecule has 1 fully saturated rings. The molecule has 16 rings (SSSR count). The zero-order valence-electron chi connectivity index (χ0n) is 75.8. The molecule has 0 radical (unpaired) electrons. The topological polar surface area (TPSA) is 157 Å². The Balaban J connectivity index is 0.000000280. The number of H-pyrrole nitrogens is 2. The predicted octanol–water partition coefficient (Wildman–Crippen LogP) is 30.0. The van der Waals surface area contributed by atoms with Crippen LogP contribution in [0.4, 0.5) is 5.69 Å². The summed E-state index contributed by atoms with van der Waals surface area (Å²) in [5, 5.41) is 33.9. The van der Waals surface area contributed by atoms with Crippen LogP contribution in [0.1, 0.15) is 202 Å². The Bertz CT molecular complexity index is 4960. The number of pyridine rings is 2. The molecule has 0 aliphatic heterocycles. The zero-order chi connectivity index (χ0) is 89.3. The number of benzene rings is 11. The van der Waals surface area contributed by atoms with Crippen molar-refractivity contribution in [3.8, 4) is 11.5 Å². The fourth-order valence-electron chi connectivity index (χ4n) is 12.6. The highest BCUT2D eigenvalue weighted by molar-refractivity contribution is 14.1. The quantitative estimate of drug-likeness (QED) is 0.0243. The number of nitrogens with two attached hydrogens (primary N) is 1. The number of ether oxygens (including phenoxy) is 1. The van der Waals surface area contributed by atoms with Gasteiger partial charge in [0.15, 0.2) is 0 Å². The van der Waals surface area contributed by atoms with Crippen LogP contribution in [0.15, 0.2) is 329 Å². The molecule has 1 saturated carbocycles. The molecule has 1 aliphatic carbocycles. The number of nitrogens with one attached hydrogen (secondary N) is 2. The third kappa shape index (κ3) is 45.2. The van der Waals surface area contributed by atoms with Gasteiger partial charge >= 0.3 is 0 Å². The molecule has 12 heteroatoms. The average molecular weight is 1790 g/mol. The molecule has 0 unspecified atom stereocenters. The number of para-hydroxylation sites is 1. The van der Waals surface area contributed by atoms with Gasteiger partial charge in [0.25, 0.3) is 0 Å². The number of aromatic hydroxyl groups is 2. The van der Waals surface area contributed by atoms with E-state index in [-0.39, 0.29) is 5.75 Å². The monoisotopic (exact) mass is 1780 g/mol. The van der Waals surface area contributed by atoms with Crippen molar-refractivity contribution in [3.63, 3.8) is 0 Å². The molecule has 4 heterocycles. The van der Waals surface area contributed by atoms with Gasteiger partial charge in [0.05, 0.1) is 18.0 Å². The van der Waals surface area contributed by atoms with Crippen molar-refractivity contribution in [2.45, 2.75) is 212 Å². The Morgan fingerprint density at radius 3 is 1.45 bits per heavy atom. The summed E-state index contributed by atoms with van der Waals surface area (Å²) in [6.45, 7) is 29.3. The Hall–Kier alpha value is -10.8. The highest BCUT2D eigenvalue weighted by Gasteiger charge is 2.10. The van der Waals surface area contributed by atoms with Crippen LogP contribution < -0.4 is 10.5 Å². The van der Waals surface area contributed by atoms with Crippen LogP contribution in [0.3, 0.4) is 0 Å². The van der Waals surface area contributed by atoms with Gasteiger partial charge in [-0.3, -0.25) is 10.2 Å². The van der Waals surface area contributed by atoms with E-state index in [0.717, 1.165) is 105 Å². The number of nitrogen functional groups attached to an aromatic ring is 1. The number of aryl methyl sites for hydroxylation is 11. The first-order valence-electron chi connectivity index (χ1n) is 44.5. The van der Waals surface area contributed by atoms with Crippen LogP contribution in [-0.2, 0) is 82.0 Å². The normalized spacial score (nSPS) is 10.7. The molecule has 123 heavy (non-hydrogen) atoms. The summed E-state index contributed by atoms with van der Waals surface area (Å²) in [4.78, 5) is 14.0. The van der Waals surface area contributed by atoms with E-state index in [4.69, 9.17) is 37.5 Å². The third-order valence-electron chi connectivity index (χ3n) is 20.3. The maximum atomic E-state index is 9.01. The van der Waals surface area contributed by atoms with Crippen molar-refractivity contribution in [2.75, 3.05) is 12.3 Å². The van der Waals surface area contributed by atoms with Crippen LogP contribution in [0.25, 0.3) is 32.4 Å². The summed E-state index contributed by atoms with van der Waals surface area (Å²) >= 11 is 7.96. The summed E-state index contributed by atoms with van der Waals surface area (Å²) in [7, 11) is 0. The highest BCUT2D eigenvalue weighted by Crippen LogP contribution is 2.27. The van der Waals surface area contributed by atoms with Crippen molar-refractivity contribution in [2.24, 2.45) is 5.92 Å². The number of aromatic nitrogens is 5. The highest BCUT2D eigenvalue weighted by atomic mass is 127. The van der Waals surface area contributed by atoms with E-state index in [1.54, 1.807) is 49.2 Å². The van der Waals surface area contributed by atoms with Gasteiger partial charge < -0.3 is 30.7 Å². The Kier molecular flexibility index (Phi) is 55.9. The molecule has 0 atom stereocenters. The molecule has 0 amide bonds. The molecule has 1 aliphatic rings. The summed E-state index contributed by atoms with van der Waals surface area (Å²) in [5.74, 6) is 1.58. The maximum Gasteiger partial charge on any atom is 0.225 e. The molecule has 0 saturated heterocycles. The lowest BCUT2D eigenvalue weighted by atomic mass is 9.88. The van der Waals surface area contributed by atoms with E-state index < -0.39 is 0 Å². The second-order valence-electron chi connectivity index (χ2n) is 29.3. The number of imidazole rings is 1. The van der Waals surface area contributed by atoms with Crippen LogP contribution >= 0.6 is 34.2 Å². The largest absolute Gasteiger partial charge is 0.508 e. The molecular formula is C111H141ClIN6O4+. The number of nitrogens with zero attached hydrogens (tertiary/aromatic N) is 3. The van der Waals surface area contributed by atoms with Gasteiger partial charge in [-0.15, -0.1) is 0 Å². The van der Waals surface area contributed by atoms with Gasteiger partial charge in [0.1, 0.15) is 11.5 Å². The summed E-state index contributed by atoms with van der Waals surface area (Å²) in [6.07, 6.45) is 34.6. The number of hydrogen-bond acceptors (Lipinski definition) is 7. The van der Waals surface area contributed by atoms with Crippen LogP contribution in [0.2, 0.25) is 5.02 Å². The van der Waals surface area contributed by atoms with Crippen LogP contribution in [0.5, 0.6) is 11.5 Å². The van der Waals surface area contributed by atoms with Crippen molar-refractivity contribution in [1.29, 1.82) is 0 Å². The number of rotatable bonds is 16. The van der Waals surface area contributed by atoms with Gasteiger partial charge in [-0.25, -0.2) is 4.98 Å². The smallest absolute Gasteiger partial charge is 0.225 e. The SMILES string of the molecule is CCC1CCCCC1.CCCc1ccccc1.CCOCc1ccccc1.CCc1c[nH]c2ccccc12.CCc1ccc(I)cc1.CCc1ccc(N)cc1.CCc1ccc(O)c(Cl)c1.CCc1ccc(O)cc1.CCc1ccc2ccccc2c1.CCc1ccc[n+](O)c1.CCc1cccc2ccccc12.CCc1cccnc1.CCc1cnc[nH]1. The fourth-order valence-corrected chi connectivity index (χ4v) is 13.1. The van der Waals surface area contributed by atoms with Crippen LogP contribution in [-0.4, -0.2) is 42.0 Å². The summed E-state index contributed by atoms with van der Waals surface area (Å²) in [5.41, 5.74) is 23.3. The number of phenols is 2. The van der Waals surface area contributed by atoms with E-state index in [1.807, 2.05) is 93.0 Å². The second kappa shape index (κ2) is 65.8. The second-order valence-corrected chi connectivity index (χ2v) is 31.0. The average Bonchev–Trinajstić information content (AvgIpc) is 1.63. The molecule has 0 spiro atoms. The van der Waals surface area contributed by atoms with Gasteiger partial charge in [-0.1, -0.05) is 352 Å². The molecule has 15 aromatic rings. The van der Waals surface area contributed by atoms with Gasteiger partial charge in [0.2, 0.25) is 12.4 Å². The lowest BCUT2D eigenvalue weighted by molar-refractivity contribution is -0.905. The third-order valence-corrected chi connectivity index (χ3v) is 21.4. The molecule has 7 N–H and O–H groups in total. The minimum Gasteiger partial charge on any atom is -0.508 e. The van der Waals surface area contributed by atoms with Gasteiger partial charge in [0, 0.05) is 73.6 Å². The van der Waals surface area contributed by atoms with E-state index in [1.165, 1.54) is 143 Å². The number of anilines is 1. The van der Waals surface area contributed by atoms with Gasteiger partial charge in [-0.2, -0.15) is 0 Å². The van der Waals surface area contributed by atoms with E-state index >= 15 is 0 Å². The first-order chi connectivity index (χ1) is 59.9. The molecule has 10 nitrogen and oxygen atoms in total. The van der Waals surface area contributed by atoms with Crippen molar-refractivity contribution < 1.29 is 24.9 Å². The minimum atomic E-state index is 0.152. The van der Waals surface area contributed by atoms with E-state index in [0.29, 0.717) is 10.8 Å². The van der Waals surface area contributed by atoms with Crippen molar-refractivity contribution >= 4 is 72.3 Å². The molecule has 0 bridgehead atoms. The molecule has 4 aromatic heterocycles. The lowest BCUT2D eigenvalue weighted by Crippen LogP contribution is -2.28. The molecular weight excluding hydrogens is 1640 g/mol. The van der Waals surface area contributed by atoms with Crippen molar-refractivity contribution in [3.05, 3.63) is 404 Å². The maximum absolute atomic E-state index is 9.01. The van der Waals surface area contributed by atoms with Crippen LogP contribution in [0, 0.1) is 9.49 Å². The standard InChI is InChI=1S/2C12H12.C10H11N.C9H12O.C9H12.C8H9ClO.C8H9I.C8H11N.C8H10O.C8H16.C7H10NO.C7H9N.C5H8N2/c1-2-10-7-5-8-11-6-3-4-9-12(10)11;1-2-10-7-8-11-5-3-4-6-12(11)9-10;1-2-8-7-11-10-6-4-3-5-9(8)10;1-2-10-8-9-6-4-3-5-7-9;1-2-6-9-7-4-3-5-8-9;1-2-6-3-4-8(10)7(9)5-6;3*1-2-7-3-5-8(9)6-4-7;1-2-8-6-4-3-5-7-8;1-2-7-4-3-5-8(9)6-7;1-2-7-4-3-5-8-6-7;1-2-5-3-6-4-7-5/h2*3-9H,2H2,1H3;3-7,11H,2H2,1H3;3-7H,2,8H2,1H3;3-5,7-8H,2,6H2,1H3;3-5,10H,2H2,1H3;3-6H,2H2,1H3;3-6H,2,9H2,1H3;3-6,9H,2H2,1H3;8H,2-7H2,1H3;3-6,9H,2H2,1H3;3-6H,2H2,1H3;3-4H,2H2,1H3,(H,6,7)/q;;;;;;;;;;+1;;.